The number of aryl methyl sites for hydroxylation is 2. The summed E-state index contributed by atoms with van der Waals surface area (Å²) in [5.74, 6) is -1.02. The number of hydrogen-bond acceptors (Lipinski definition) is 3. The van der Waals surface area contributed by atoms with E-state index in [0.717, 1.165) is 30.5 Å². The van der Waals surface area contributed by atoms with Gasteiger partial charge in [-0.3, -0.25) is 0 Å². The maximum atomic E-state index is 11.1. The monoisotopic (exact) mass is 298 g/mol. The Bertz CT molecular complexity index is 788. The Morgan fingerprint density at radius 2 is 2.23 bits per heavy atom. The minimum Gasteiger partial charge on any atom is -0.475 e. The minimum absolute atomic E-state index is 0.0129. The third-order valence-corrected chi connectivity index (χ3v) is 3.74. The zero-order valence-corrected chi connectivity index (χ0v) is 12.3. The Morgan fingerprint density at radius 1 is 1.36 bits per heavy atom. The number of fused-ring (bicyclic) bond motifs is 1. The number of hydrogen-bond donors (Lipinski definition) is 3. The molecule has 0 atom stereocenters. The number of nitrogens with one attached hydrogen (secondary N) is 2. The van der Waals surface area contributed by atoms with Gasteiger partial charge in [-0.1, -0.05) is 0 Å². The predicted octanol–water partition coefficient (Wildman–Crippen LogP) is 3.81. The van der Waals surface area contributed by atoms with Gasteiger partial charge in [0, 0.05) is 35.1 Å². The largest absolute Gasteiger partial charge is 0.475 e. The number of aromatic carboxylic acids is 1. The lowest BCUT2D eigenvalue weighted by Gasteiger charge is -2.06. The van der Waals surface area contributed by atoms with Crippen LogP contribution in [0.3, 0.4) is 0 Å². The Labute approximate surface area is 128 Å². The molecule has 0 amide bonds. The van der Waals surface area contributed by atoms with E-state index in [1.54, 1.807) is 6.92 Å². The Morgan fingerprint density at radius 3 is 2.95 bits per heavy atom. The van der Waals surface area contributed by atoms with Crippen molar-refractivity contribution in [2.45, 2.75) is 19.8 Å². The molecule has 3 aromatic rings. The zero-order chi connectivity index (χ0) is 15.5. The Balaban J connectivity index is 1.66. The lowest BCUT2D eigenvalue weighted by atomic mass is 10.1. The molecule has 3 N–H and O–H groups in total. The smallest absolute Gasteiger partial charge is 0.372 e. The van der Waals surface area contributed by atoms with Crippen LogP contribution in [0.5, 0.6) is 0 Å². The van der Waals surface area contributed by atoms with Gasteiger partial charge in [0.15, 0.2) is 0 Å². The summed E-state index contributed by atoms with van der Waals surface area (Å²) in [7, 11) is 0. The molecule has 0 aliphatic heterocycles. The van der Waals surface area contributed by atoms with Crippen LogP contribution in [0.25, 0.3) is 11.0 Å². The first-order valence-electron chi connectivity index (χ1n) is 7.28. The van der Waals surface area contributed by atoms with Crippen LogP contribution in [0.2, 0.25) is 0 Å². The minimum atomic E-state index is -1.03. The van der Waals surface area contributed by atoms with Crippen molar-refractivity contribution in [3.8, 4) is 0 Å². The van der Waals surface area contributed by atoms with Crippen molar-refractivity contribution in [2.24, 2.45) is 0 Å². The van der Waals surface area contributed by atoms with Gasteiger partial charge in [-0.05, 0) is 50.1 Å². The summed E-state index contributed by atoms with van der Waals surface area (Å²) in [4.78, 5) is 14.3. The number of aromatic amines is 1. The SMILES string of the molecule is Cc1c(C(=O)O)oc2ccc(NCCCc3ccc[nH]3)cc12. The normalized spacial score (nSPS) is 11.0. The van der Waals surface area contributed by atoms with Gasteiger partial charge in [-0.2, -0.15) is 0 Å². The number of carbonyl (C=O) groups is 1. The molecule has 114 valence electrons. The summed E-state index contributed by atoms with van der Waals surface area (Å²) in [5.41, 5.74) is 3.47. The first kappa shape index (κ1) is 14.3. The van der Waals surface area contributed by atoms with E-state index in [2.05, 4.69) is 16.4 Å². The third-order valence-electron chi connectivity index (χ3n) is 3.74. The van der Waals surface area contributed by atoms with E-state index in [9.17, 15) is 4.79 Å². The molecule has 0 fully saturated rings. The molecule has 2 aromatic heterocycles. The number of benzene rings is 1. The molecule has 22 heavy (non-hydrogen) atoms. The van der Waals surface area contributed by atoms with E-state index in [1.165, 1.54) is 5.69 Å². The highest BCUT2D eigenvalue weighted by Gasteiger charge is 2.16. The maximum absolute atomic E-state index is 11.1. The second-order valence-electron chi connectivity index (χ2n) is 5.30. The molecular weight excluding hydrogens is 280 g/mol. The van der Waals surface area contributed by atoms with Crippen molar-refractivity contribution < 1.29 is 14.3 Å². The van der Waals surface area contributed by atoms with Crippen molar-refractivity contribution in [1.82, 2.24) is 4.98 Å². The average molecular weight is 298 g/mol. The summed E-state index contributed by atoms with van der Waals surface area (Å²) in [6, 6.07) is 9.73. The van der Waals surface area contributed by atoms with E-state index in [1.807, 2.05) is 30.5 Å². The van der Waals surface area contributed by atoms with Gasteiger partial charge < -0.3 is 19.8 Å². The number of anilines is 1. The third kappa shape index (κ3) is 2.83. The molecule has 0 radical (unpaired) electrons. The van der Waals surface area contributed by atoms with Crippen molar-refractivity contribution in [3.63, 3.8) is 0 Å². The summed E-state index contributed by atoms with van der Waals surface area (Å²) in [5, 5.41) is 13.3. The molecule has 5 nitrogen and oxygen atoms in total. The molecule has 0 bridgehead atoms. The van der Waals surface area contributed by atoms with E-state index in [0.29, 0.717) is 11.1 Å². The number of furan rings is 1. The van der Waals surface area contributed by atoms with E-state index in [4.69, 9.17) is 9.52 Å². The summed E-state index contributed by atoms with van der Waals surface area (Å²) in [6.07, 6.45) is 3.94. The first-order valence-corrected chi connectivity index (χ1v) is 7.28. The summed E-state index contributed by atoms with van der Waals surface area (Å²) >= 11 is 0. The second-order valence-corrected chi connectivity index (χ2v) is 5.30. The van der Waals surface area contributed by atoms with Crippen molar-refractivity contribution in [3.05, 3.63) is 53.5 Å². The van der Waals surface area contributed by atoms with Gasteiger partial charge in [-0.25, -0.2) is 4.79 Å². The molecule has 3 rings (SSSR count). The number of aromatic nitrogens is 1. The molecule has 1 aromatic carbocycles. The fourth-order valence-corrected chi connectivity index (χ4v) is 2.57. The van der Waals surface area contributed by atoms with E-state index in [-0.39, 0.29) is 5.76 Å². The molecule has 0 aliphatic carbocycles. The number of H-pyrrole nitrogens is 1. The molecular formula is C17H18N2O3. The predicted molar refractivity (Wildman–Crippen MR) is 85.5 cm³/mol. The molecule has 0 aliphatic rings. The molecule has 0 saturated heterocycles. The van der Waals surface area contributed by atoms with Crippen molar-refractivity contribution in [2.75, 3.05) is 11.9 Å². The first-order chi connectivity index (χ1) is 10.6. The van der Waals surface area contributed by atoms with Crippen LogP contribution in [-0.2, 0) is 6.42 Å². The second kappa shape index (κ2) is 5.97. The van der Waals surface area contributed by atoms with Crippen LogP contribution in [0.15, 0.2) is 40.9 Å². The van der Waals surface area contributed by atoms with Gasteiger partial charge >= 0.3 is 5.97 Å². The molecule has 0 spiro atoms. The number of carboxylic acid groups (broad SMARTS) is 1. The lowest BCUT2D eigenvalue weighted by molar-refractivity contribution is 0.0664. The van der Waals surface area contributed by atoms with Gasteiger partial charge in [0.1, 0.15) is 5.58 Å². The highest BCUT2D eigenvalue weighted by molar-refractivity contribution is 5.95. The molecule has 0 unspecified atom stereocenters. The highest BCUT2D eigenvalue weighted by Crippen LogP contribution is 2.27. The van der Waals surface area contributed by atoms with Crippen LogP contribution < -0.4 is 5.32 Å². The van der Waals surface area contributed by atoms with Crippen LogP contribution in [0.4, 0.5) is 5.69 Å². The Kier molecular flexibility index (Phi) is 3.87. The standard InChI is InChI=1S/C17H18N2O3/c1-11-14-10-13(6-7-15(14)22-16(11)17(20)21)19-9-3-5-12-4-2-8-18-12/h2,4,6-8,10,18-19H,3,5,9H2,1H3,(H,20,21). The molecule has 2 heterocycles. The highest BCUT2D eigenvalue weighted by atomic mass is 16.4. The van der Waals surface area contributed by atoms with Crippen LogP contribution >= 0.6 is 0 Å². The van der Waals surface area contributed by atoms with Gasteiger partial charge in [0.05, 0.1) is 0 Å². The van der Waals surface area contributed by atoms with Crippen LogP contribution in [0.1, 0.15) is 28.2 Å². The van der Waals surface area contributed by atoms with Crippen LogP contribution in [-0.4, -0.2) is 22.6 Å². The van der Waals surface area contributed by atoms with E-state index >= 15 is 0 Å². The van der Waals surface area contributed by atoms with Gasteiger partial charge in [0.2, 0.25) is 5.76 Å². The van der Waals surface area contributed by atoms with Gasteiger partial charge in [0.25, 0.3) is 0 Å². The molecule has 5 heteroatoms. The number of carboxylic acids is 1. The fourth-order valence-electron chi connectivity index (χ4n) is 2.57. The zero-order valence-electron chi connectivity index (χ0n) is 12.3. The molecule has 0 saturated carbocycles. The maximum Gasteiger partial charge on any atom is 0.372 e. The Hall–Kier alpha value is -2.69. The topological polar surface area (TPSA) is 78.3 Å². The average Bonchev–Trinajstić information content (AvgIpc) is 3.12. The summed E-state index contributed by atoms with van der Waals surface area (Å²) in [6.45, 7) is 2.62. The fraction of sp³-hybridized carbons (Fsp3) is 0.235. The lowest BCUT2D eigenvalue weighted by Crippen LogP contribution is -2.02. The van der Waals surface area contributed by atoms with Crippen LogP contribution in [0, 0.1) is 6.92 Å². The summed E-state index contributed by atoms with van der Waals surface area (Å²) < 4.78 is 5.36. The van der Waals surface area contributed by atoms with E-state index < -0.39 is 5.97 Å². The van der Waals surface area contributed by atoms with Crippen molar-refractivity contribution >= 4 is 22.6 Å². The van der Waals surface area contributed by atoms with Crippen molar-refractivity contribution in [1.29, 1.82) is 0 Å². The van der Waals surface area contributed by atoms with Gasteiger partial charge in [-0.15, -0.1) is 0 Å². The number of rotatable bonds is 6. The quantitative estimate of drug-likeness (QED) is 0.605.